The van der Waals surface area contributed by atoms with E-state index in [2.05, 4.69) is 4.98 Å². The van der Waals surface area contributed by atoms with Gasteiger partial charge >= 0.3 is 0 Å². The van der Waals surface area contributed by atoms with Crippen molar-refractivity contribution in [2.75, 3.05) is 0 Å². The van der Waals surface area contributed by atoms with Crippen LogP contribution in [0.25, 0.3) is 0 Å². The van der Waals surface area contributed by atoms with Crippen LogP contribution < -0.4 is 5.73 Å². The standard InChI is InChI=1S/C8H10F2N2/c1-5(11)6-2-3-7(8(9)10)12-4-6/h2-5,8H,11H2,1H3/t5-/m0/s1. The molecule has 0 aliphatic heterocycles. The molecule has 4 heteroatoms. The van der Waals surface area contributed by atoms with E-state index in [4.69, 9.17) is 5.73 Å². The zero-order chi connectivity index (χ0) is 9.14. The topological polar surface area (TPSA) is 38.9 Å². The highest BCUT2D eigenvalue weighted by atomic mass is 19.3. The van der Waals surface area contributed by atoms with Crippen LogP contribution in [0.1, 0.15) is 30.6 Å². The Labute approximate surface area is 69.4 Å². The smallest absolute Gasteiger partial charge is 0.280 e. The molecule has 0 radical (unpaired) electrons. The van der Waals surface area contributed by atoms with Crippen LogP contribution in [0.4, 0.5) is 8.78 Å². The molecule has 0 saturated carbocycles. The number of hydrogen-bond donors (Lipinski definition) is 1. The lowest BCUT2D eigenvalue weighted by atomic mass is 10.1. The van der Waals surface area contributed by atoms with Crippen molar-refractivity contribution in [2.45, 2.75) is 19.4 Å². The third-order valence-corrected chi connectivity index (χ3v) is 1.56. The van der Waals surface area contributed by atoms with Gasteiger partial charge < -0.3 is 5.73 Å². The van der Waals surface area contributed by atoms with E-state index in [1.807, 2.05) is 0 Å². The molecular formula is C8H10F2N2. The maximum Gasteiger partial charge on any atom is 0.280 e. The average molecular weight is 172 g/mol. The molecule has 12 heavy (non-hydrogen) atoms. The van der Waals surface area contributed by atoms with Crippen LogP contribution in [-0.2, 0) is 0 Å². The van der Waals surface area contributed by atoms with Crippen molar-refractivity contribution in [2.24, 2.45) is 5.73 Å². The van der Waals surface area contributed by atoms with Gasteiger partial charge in [0.05, 0.1) is 0 Å². The van der Waals surface area contributed by atoms with Crippen molar-refractivity contribution in [1.82, 2.24) is 4.98 Å². The zero-order valence-electron chi connectivity index (χ0n) is 6.67. The van der Waals surface area contributed by atoms with Crippen molar-refractivity contribution >= 4 is 0 Å². The number of aromatic nitrogens is 1. The van der Waals surface area contributed by atoms with Crippen LogP contribution >= 0.6 is 0 Å². The summed E-state index contributed by atoms with van der Waals surface area (Å²) >= 11 is 0. The average Bonchev–Trinajstić information content (AvgIpc) is 2.04. The molecule has 0 aliphatic carbocycles. The second kappa shape index (κ2) is 3.58. The van der Waals surface area contributed by atoms with E-state index in [1.165, 1.54) is 12.3 Å². The van der Waals surface area contributed by atoms with E-state index in [9.17, 15) is 8.78 Å². The minimum atomic E-state index is -2.51. The Bertz CT molecular complexity index is 217. The molecule has 0 aromatic carbocycles. The minimum absolute atomic E-state index is 0.163. The molecule has 0 saturated heterocycles. The molecule has 0 aliphatic rings. The van der Waals surface area contributed by atoms with Crippen molar-refractivity contribution < 1.29 is 8.78 Å². The summed E-state index contributed by atoms with van der Waals surface area (Å²) in [4.78, 5) is 3.57. The molecule has 1 aromatic rings. The molecule has 1 atom stereocenters. The quantitative estimate of drug-likeness (QED) is 0.741. The lowest BCUT2D eigenvalue weighted by Gasteiger charge is -2.04. The Morgan fingerprint density at radius 3 is 2.42 bits per heavy atom. The second-order valence-electron chi connectivity index (χ2n) is 2.61. The lowest BCUT2D eigenvalue weighted by Crippen LogP contribution is -2.05. The number of rotatable bonds is 2. The largest absolute Gasteiger partial charge is 0.324 e. The normalized spacial score (nSPS) is 13.4. The molecule has 2 N–H and O–H groups in total. The monoisotopic (exact) mass is 172 g/mol. The summed E-state index contributed by atoms with van der Waals surface area (Å²) in [6.45, 7) is 1.78. The summed E-state index contributed by atoms with van der Waals surface area (Å²) in [5.74, 6) is 0. The first-order chi connectivity index (χ1) is 5.61. The van der Waals surface area contributed by atoms with Gasteiger partial charge in [-0.3, -0.25) is 4.98 Å². The summed E-state index contributed by atoms with van der Waals surface area (Å²) in [7, 11) is 0. The summed E-state index contributed by atoms with van der Waals surface area (Å²) in [6, 6.07) is 2.70. The van der Waals surface area contributed by atoms with E-state index in [-0.39, 0.29) is 11.7 Å². The molecule has 0 amide bonds. The third-order valence-electron chi connectivity index (χ3n) is 1.56. The first-order valence-electron chi connectivity index (χ1n) is 3.61. The molecule has 0 unspecified atom stereocenters. The molecular weight excluding hydrogens is 162 g/mol. The zero-order valence-corrected chi connectivity index (χ0v) is 6.67. The SMILES string of the molecule is C[C@H](N)c1ccc(C(F)F)nc1. The molecule has 66 valence electrons. The van der Waals surface area contributed by atoms with Crippen molar-refractivity contribution in [3.8, 4) is 0 Å². The summed E-state index contributed by atoms with van der Waals surface area (Å²) < 4.78 is 24.0. The number of pyridine rings is 1. The van der Waals surface area contributed by atoms with E-state index in [0.29, 0.717) is 0 Å². The fraction of sp³-hybridized carbons (Fsp3) is 0.375. The minimum Gasteiger partial charge on any atom is -0.324 e. The van der Waals surface area contributed by atoms with Crippen LogP contribution in [0.2, 0.25) is 0 Å². The molecule has 1 aromatic heterocycles. The first-order valence-corrected chi connectivity index (χ1v) is 3.61. The molecule has 2 nitrogen and oxygen atoms in total. The maximum atomic E-state index is 12.0. The van der Waals surface area contributed by atoms with Gasteiger partial charge in [-0.25, -0.2) is 8.78 Å². The van der Waals surface area contributed by atoms with Gasteiger partial charge in [-0.15, -0.1) is 0 Å². The summed E-state index contributed by atoms with van der Waals surface area (Å²) in [5.41, 5.74) is 6.07. The van der Waals surface area contributed by atoms with Crippen LogP contribution in [0.5, 0.6) is 0 Å². The van der Waals surface area contributed by atoms with Gasteiger partial charge in [-0.2, -0.15) is 0 Å². The van der Waals surface area contributed by atoms with Gasteiger partial charge in [0.25, 0.3) is 6.43 Å². The Morgan fingerprint density at radius 2 is 2.08 bits per heavy atom. The molecule has 0 spiro atoms. The van der Waals surface area contributed by atoms with Crippen molar-refractivity contribution in [1.29, 1.82) is 0 Å². The van der Waals surface area contributed by atoms with Gasteiger partial charge in [-0.1, -0.05) is 6.07 Å². The van der Waals surface area contributed by atoms with Crippen molar-refractivity contribution in [3.05, 3.63) is 29.6 Å². The number of hydrogen-bond acceptors (Lipinski definition) is 2. The highest BCUT2D eigenvalue weighted by Gasteiger charge is 2.08. The number of halogens is 2. The molecule has 1 heterocycles. The predicted molar refractivity (Wildman–Crippen MR) is 41.8 cm³/mol. The van der Waals surface area contributed by atoms with Gasteiger partial charge in [0.1, 0.15) is 5.69 Å². The van der Waals surface area contributed by atoms with Crippen LogP contribution in [0.3, 0.4) is 0 Å². The highest BCUT2D eigenvalue weighted by Crippen LogP contribution is 2.17. The van der Waals surface area contributed by atoms with Gasteiger partial charge in [-0.05, 0) is 18.6 Å². The van der Waals surface area contributed by atoms with E-state index in [1.54, 1.807) is 13.0 Å². The summed E-state index contributed by atoms with van der Waals surface area (Å²) in [6.07, 6.45) is -1.13. The third kappa shape index (κ3) is 1.98. The fourth-order valence-corrected chi connectivity index (χ4v) is 0.815. The van der Waals surface area contributed by atoms with E-state index < -0.39 is 6.43 Å². The Morgan fingerprint density at radius 1 is 1.42 bits per heavy atom. The Hall–Kier alpha value is -1.03. The van der Waals surface area contributed by atoms with Crippen molar-refractivity contribution in [3.63, 3.8) is 0 Å². The molecule has 0 fully saturated rings. The second-order valence-corrected chi connectivity index (χ2v) is 2.61. The Kier molecular flexibility index (Phi) is 2.70. The van der Waals surface area contributed by atoms with Crippen LogP contribution in [-0.4, -0.2) is 4.98 Å². The van der Waals surface area contributed by atoms with Gasteiger partial charge in [0.2, 0.25) is 0 Å². The molecule has 0 bridgehead atoms. The Balaban J connectivity index is 2.86. The van der Waals surface area contributed by atoms with E-state index >= 15 is 0 Å². The van der Waals surface area contributed by atoms with Crippen LogP contribution in [0.15, 0.2) is 18.3 Å². The summed E-state index contributed by atoms with van der Waals surface area (Å²) in [5, 5.41) is 0. The predicted octanol–water partition coefficient (Wildman–Crippen LogP) is 2.04. The molecule has 1 rings (SSSR count). The first kappa shape index (κ1) is 9.06. The maximum absolute atomic E-state index is 12.0. The van der Waals surface area contributed by atoms with Gasteiger partial charge in [0, 0.05) is 12.2 Å². The van der Waals surface area contributed by atoms with E-state index in [0.717, 1.165) is 5.56 Å². The fourth-order valence-electron chi connectivity index (χ4n) is 0.815. The van der Waals surface area contributed by atoms with Crippen LogP contribution in [0, 0.1) is 0 Å². The number of alkyl halides is 2. The lowest BCUT2D eigenvalue weighted by molar-refractivity contribution is 0.146. The number of nitrogens with zero attached hydrogens (tertiary/aromatic N) is 1. The number of nitrogens with two attached hydrogens (primary N) is 1. The van der Waals surface area contributed by atoms with Gasteiger partial charge in [0.15, 0.2) is 0 Å². The highest BCUT2D eigenvalue weighted by molar-refractivity contribution is 5.17.